The molecule has 9 nitrogen and oxygen atoms in total. The highest BCUT2D eigenvalue weighted by Gasteiger charge is 2.18. The molecule has 1 aliphatic heterocycles. The third kappa shape index (κ3) is 4.77. The number of nitrogens with two attached hydrogens (primary N) is 3. The van der Waals surface area contributed by atoms with Crippen molar-refractivity contribution in [2.24, 2.45) is 11.6 Å². The fourth-order valence-corrected chi connectivity index (χ4v) is 3.09. The van der Waals surface area contributed by atoms with Gasteiger partial charge in [0.1, 0.15) is 0 Å². The third-order valence-corrected chi connectivity index (χ3v) is 4.85. The molecule has 30 heavy (non-hydrogen) atoms. The molecule has 1 saturated heterocycles. The smallest absolute Gasteiger partial charge is 0.254 e. The molecule has 0 aliphatic carbocycles. The average molecular weight is 410 g/mol. The zero-order valence-electron chi connectivity index (χ0n) is 16.5. The van der Waals surface area contributed by atoms with Crippen molar-refractivity contribution >= 4 is 23.0 Å². The summed E-state index contributed by atoms with van der Waals surface area (Å²) in [5, 5.41) is 18.9. The van der Waals surface area contributed by atoms with Crippen molar-refractivity contribution in [2.75, 3.05) is 37.0 Å². The Morgan fingerprint density at radius 2 is 1.87 bits per heavy atom. The van der Waals surface area contributed by atoms with Crippen LogP contribution in [0.4, 0.5) is 11.4 Å². The number of rotatable bonds is 6. The van der Waals surface area contributed by atoms with Gasteiger partial charge in [0.2, 0.25) is 0 Å². The van der Waals surface area contributed by atoms with E-state index >= 15 is 0 Å². The van der Waals surface area contributed by atoms with E-state index in [0.29, 0.717) is 54.4 Å². The number of hydrogen-bond acceptors (Lipinski definition) is 8. The molecule has 158 valence electrons. The highest BCUT2D eigenvalue weighted by Crippen LogP contribution is 2.19. The highest BCUT2D eigenvalue weighted by molar-refractivity contribution is 6.13. The van der Waals surface area contributed by atoms with Crippen LogP contribution in [0.1, 0.15) is 21.5 Å². The maximum absolute atomic E-state index is 12.5. The molecule has 0 radical (unpaired) electrons. The maximum atomic E-state index is 12.5. The Bertz CT molecular complexity index is 952. The van der Waals surface area contributed by atoms with E-state index < -0.39 is 0 Å². The van der Waals surface area contributed by atoms with Crippen LogP contribution < -0.4 is 22.3 Å². The molecule has 0 bridgehead atoms. The molecule has 0 spiro atoms. The van der Waals surface area contributed by atoms with Crippen LogP contribution in [-0.4, -0.2) is 47.9 Å². The molecule has 8 N–H and O–H groups in total. The van der Waals surface area contributed by atoms with Gasteiger partial charge >= 0.3 is 0 Å². The van der Waals surface area contributed by atoms with E-state index in [0.717, 1.165) is 0 Å². The number of morpholine rings is 1. The summed E-state index contributed by atoms with van der Waals surface area (Å²) in [6.07, 6.45) is 1.41. The first-order valence-corrected chi connectivity index (χ1v) is 9.47. The molecule has 1 amide bonds. The van der Waals surface area contributed by atoms with Crippen LogP contribution in [0.3, 0.4) is 0 Å². The number of hydrogen-bond donors (Lipinski definition) is 5. The Labute approximate surface area is 174 Å². The Hall–Kier alpha value is -3.40. The van der Waals surface area contributed by atoms with Crippen LogP contribution >= 0.6 is 0 Å². The minimum Gasteiger partial charge on any atom is -0.398 e. The number of nitrogens with zero attached hydrogens (tertiary/aromatic N) is 2. The quantitative estimate of drug-likeness (QED) is 0.204. The first-order chi connectivity index (χ1) is 14.4. The summed E-state index contributed by atoms with van der Waals surface area (Å²) >= 11 is 0. The lowest BCUT2D eigenvalue weighted by Crippen LogP contribution is -2.40. The first kappa shape index (κ1) is 21.3. The number of aliphatic hydroxyl groups is 1. The number of ether oxygens (including phenoxy) is 1. The summed E-state index contributed by atoms with van der Waals surface area (Å²) in [4.78, 5) is 14.3. The van der Waals surface area contributed by atoms with E-state index in [9.17, 15) is 9.90 Å². The van der Waals surface area contributed by atoms with Gasteiger partial charge in [0.05, 0.1) is 36.9 Å². The second kappa shape index (κ2) is 9.40. The van der Waals surface area contributed by atoms with Gasteiger partial charge in [-0.1, -0.05) is 6.07 Å². The van der Waals surface area contributed by atoms with Crippen molar-refractivity contribution in [3.05, 3.63) is 71.1 Å². The SMILES string of the molecule is N=C(/C(N)=C/N(N)c1ccc(C(=O)N2CCOCC2)cc1)c1cc(CO)ccc1N. The van der Waals surface area contributed by atoms with E-state index in [2.05, 4.69) is 0 Å². The predicted molar refractivity (Wildman–Crippen MR) is 116 cm³/mol. The third-order valence-electron chi connectivity index (χ3n) is 4.85. The van der Waals surface area contributed by atoms with Crippen LogP contribution in [0.5, 0.6) is 0 Å². The minimum absolute atomic E-state index is 0.00244. The number of hydrazine groups is 1. The Morgan fingerprint density at radius 3 is 2.50 bits per heavy atom. The predicted octanol–water partition coefficient (Wildman–Crippen LogP) is 0.782. The molecule has 2 aromatic rings. The van der Waals surface area contributed by atoms with Crippen molar-refractivity contribution < 1.29 is 14.6 Å². The number of carbonyl (C=O) groups excluding carboxylic acids is 1. The number of nitrogens with one attached hydrogen (secondary N) is 1. The molecule has 0 saturated carbocycles. The number of carbonyl (C=O) groups is 1. The molecular weight excluding hydrogens is 384 g/mol. The number of nitrogen functional groups attached to an aromatic ring is 1. The van der Waals surface area contributed by atoms with E-state index in [4.69, 9.17) is 27.5 Å². The van der Waals surface area contributed by atoms with Crippen LogP contribution in [0, 0.1) is 5.41 Å². The Balaban J connectivity index is 1.72. The van der Waals surface area contributed by atoms with Crippen LogP contribution in [0.15, 0.2) is 54.4 Å². The summed E-state index contributed by atoms with van der Waals surface area (Å²) in [7, 11) is 0. The van der Waals surface area contributed by atoms with Crippen molar-refractivity contribution in [3.63, 3.8) is 0 Å². The zero-order valence-corrected chi connectivity index (χ0v) is 16.5. The second-order valence-corrected chi connectivity index (χ2v) is 6.90. The van der Waals surface area contributed by atoms with Gasteiger partial charge in [0, 0.05) is 36.1 Å². The van der Waals surface area contributed by atoms with Gasteiger partial charge in [0.25, 0.3) is 5.91 Å². The monoisotopic (exact) mass is 410 g/mol. The van der Waals surface area contributed by atoms with Gasteiger partial charge in [-0.2, -0.15) is 0 Å². The highest BCUT2D eigenvalue weighted by atomic mass is 16.5. The first-order valence-electron chi connectivity index (χ1n) is 9.47. The van der Waals surface area contributed by atoms with Gasteiger partial charge < -0.3 is 26.2 Å². The standard InChI is InChI=1S/C21H26N6O3/c22-18-6-1-14(13-28)11-17(18)20(24)19(23)12-27(25)16-4-2-15(3-5-16)21(29)26-7-9-30-10-8-26/h1-6,11-12,24,28H,7-10,13,22-23,25H2/b19-12-,24-20?. The molecule has 0 atom stereocenters. The molecule has 9 heteroatoms. The van der Waals surface area contributed by atoms with Crippen molar-refractivity contribution in [2.45, 2.75) is 6.61 Å². The Morgan fingerprint density at radius 1 is 1.20 bits per heavy atom. The molecular formula is C21H26N6O3. The molecule has 0 aromatic heterocycles. The summed E-state index contributed by atoms with van der Waals surface area (Å²) in [5.41, 5.74) is 14.7. The zero-order chi connectivity index (χ0) is 21.7. The fourth-order valence-electron chi connectivity index (χ4n) is 3.09. The van der Waals surface area contributed by atoms with Crippen LogP contribution in [-0.2, 0) is 11.3 Å². The van der Waals surface area contributed by atoms with Crippen molar-refractivity contribution in [1.82, 2.24) is 4.90 Å². The van der Waals surface area contributed by atoms with Gasteiger partial charge in [-0.3, -0.25) is 15.2 Å². The van der Waals surface area contributed by atoms with Gasteiger partial charge in [-0.25, -0.2) is 5.84 Å². The van der Waals surface area contributed by atoms with E-state index in [-0.39, 0.29) is 23.9 Å². The summed E-state index contributed by atoms with van der Waals surface area (Å²) in [6, 6.07) is 11.7. The summed E-state index contributed by atoms with van der Waals surface area (Å²) < 4.78 is 5.27. The van der Waals surface area contributed by atoms with Gasteiger partial charge in [-0.05, 0) is 42.0 Å². The molecule has 1 fully saturated rings. The van der Waals surface area contributed by atoms with Crippen LogP contribution in [0.25, 0.3) is 0 Å². The van der Waals surface area contributed by atoms with E-state index in [1.54, 1.807) is 47.4 Å². The average Bonchev–Trinajstić information content (AvgIpc) is 2.79. The lowest BCUT2D eigenvalue weighted by molar-refractivity contribution is 0.0303. The van der Waals surface area contributed by atoms with Crippen LogP contribution in [0.2, 0.25) is 0 Å². The minimum atomic E-state index is -0.164. The number of allylic oxidation sites excluding steroid dienone is 1. The normalized spacial score (nSPS) is 14.5. The lowest BCUT2D eigenvalue weighted by Gasteiger charge is -2.27. The largest absolute Gasteiger partial charge is 0.398 e. The van der Waals surface area contributed by atoms with Gasteiger partial charge in [-0.15, -0.1) is 0 Å². The summed E-state index contributed by atoms with van der Waals surface area (Å²) in [6.45, 7) is 2.07. The molecule has 0 unspecified atom stereocenters. The van der Waals surface area contributed by atoms with E-state index in [1.165, 1.54) is 11.2 Å². The number of amides is 1. The number of anilines is 2. The van der Waals surface area contributed by atoms with Crippen molar-refractivity contribution in [3.8, 4) is 0 Å². The number of benzene rings is 2. The number of aliphatic hydroxyl groups excluding tert-OH is 1. The molecule has 1 heterocycles. The molecule has 1 aliphatic rings. The maximum Gasteiger partial charge on any atom is 0.254 e. The topological polar surface area (TPSA) is 155 Å². The Kier molecular flexibility index (Phi) is 6.68. The van der Waals surface area contributed by atoms with Crippen molar-refractivity contribution in [1.29, 1.82) is 5.41 Å². The lowest BCUT2D eigenvalue weighted by atomic mass is 10.0. The fraction of sp³-hybridized carbons (Fsp3) is 0.238. The molecule has 3 rings (SSSR count). The second-order valence-electron chi connectivity index (χ2n) is 6.90. The molecule has 2 aromatic carbocycles. The van der Waals surface area contributed by atoms with Gasteiger partial charge in [0.15, 0.2) is 0 Å². The summed E-state index contributed by atoms with van der Waals surface area (Å²) in [5.74, 6) is 6.02. The van der Waals surface area contributed by atoms with E-state index in [1.807, 2.05) is 0 Å².